The topological polar surface area (TPSA) is 9.23 Å². The van der Waals surface area contributed by atoms with E-state index in [9.17, 15) is 0 Å². The minimum Gasteiger partial charge on any atom is -0.497 e. The lowest BCUT2D eigenvalue weighted by Gasteiger charge is -2.34. The Morgan fingerprint density at radius 2 is 1.67 bits per heavy atom. The fraction of sp³-hybridized carbons (Fsp3) is 0.364. The lowest BCUT2D eigenvalue weighted by Crippen LogP contribution is -2.48. The third-order valence-corrected chi connectivity index (χ3v) is 9.14. The van der Waals surface area contributed by atoms with Gasteiger partial charge in [0, 0.05) is 5.54 Å². The van der Waals surface area contributed by atoms with Crippen molar-refractivity contribution in [1.29, 1.82) is 0 Å². The maximum atomic E-state index is 5.95. The molecule has 0 fully saturated rings. The second-order valence-corrected chi connectivity index (χ2v) is 12.9. The third-order valence-electron chi connectivity index (χ3n) is 5.30. The van der Waals surface area contributed by atoms with Crippen LogP contribution in [-0.2, 0) is 5.41 Å². The molecule has 0 amide bonds. The van der Waals surface area contributed by atoms with Gasteiger partial charge in [-0.2, -0.15) is 0 Å². The van der Waals surface area contributed by atoms with Crippen molar-refractivity contribution in [2.45, 2.75) is 44.8 Å². The van der Waals surface area contributed by atoms with Gasteiger partial charge in [0.2, 0.25) is 0 Å². The molecule has 0 saturated carbocycles. The molecule has 0 N–H and O–H groups in total. The molecule has 0 aliphatic heterocycles. The van der Waals surface area contributed by atoms with Crippen molar-refractivity contribution in [1.82, 2.24) is 0 Å². The van der Waals surface area contributed by atoms with Crippen molar-refractivity contribution >= 4 is 19.3 Å². The maximum absolute atomic E-state index is 5.95. The van der Waals surface area contributed by atoms with Gasteiger partial charge in [-0.1, -0.05) is 88.5 Å². The zero-order chi connectivity index (χ0) is 17.5. The van der Waals surface area contributed by atoms with Crippen LogP contribution in [0.25, 0.3) is 6.08 Å². The van der Waals surface area contributed by atoms with E-state index >= 15 is 0 Å². The first-order valence-corrected chi connectivity index (χ1v) is 11.8. The Kier molecular flexibility index (Phi) is 4.21. The van der Waals surface area contributed by atoms with Crippen molar-refractivity contribution in [2.24, 2.45) is 0 Å². The summed E-state index contributed by atoms with van der Waals surface area (Å²) in [4.78, 5) is 0. The van der Waals surface area contributed by atoms with E-state index in [-0.39, 0.29) is 5.41 Å². The number of benzene rings is 2. The normalized spacial score (nSPS) is 17.0. The van der Waals surface area contributed by atoms with Crippen molar-refractivity contribution in [3.63, 3.8) is 0 Å². The van der Waals surface area contributed by atoms with Gasteiger partial charge in [0.1, 0.15) is 5.75 Å². The highest BCUT2D eigenvalue weighted by atomic mass is 28.3. The number of ether oxygens (including phenoxy) is 1. The first-order chi connectivity index (χ1) is 11.3. The molecule has 0 spiro atoms. The molecule has 1 aliphatic carbocycles. The molecule has 1 nitrogen and oxygen atoms in total. The molecule has 2 aromatic rings. The molecule has 0 aromatic heterocycles. The fourth-order valence-electron chi connectivity index (χ4n) is 3.90. The molecule has 24 heavy (non-hydrogen) atoms. The SMILES string of the molecule is COc1c(C(C)(C)C)cccc1[Si](C)(C)C1C=Cc2ccccc21. The predicted molar refractivity (Wildman–Crippen MR) is 107 cm³/mol. The van der Waals surface area contributed by atoms with E-state index in [2.05, 4.69) is 88.5 Å². The van der Waals surface area contributed by atoms with Gasteiger partial charge in [0.05, 0.1) is 15.2 Å². The van der Waals surface area contributed by atoms with Crippen LogP contribution < -0.4 is 9.92 Å². The first-order valence-electron chi connectivity index (χ1n) is 8.72. The number of hydrogen-bond donors (Lipinski definition) is 0. The summed E-state index contributed by atoms with van der Waals surface area (Å²) in [6.07, 6.45) is 4.69. The smallest absolute Gasteiger partial charge is 0.121 e. The Balaban J connectivity index is 2.14. The van der Waals surface area contributed by atoms with Crippen molar-refractivity contribution in [2.75, 3.05) is 7.11 Å². The largest absolute Gasteiger partial charge is 0.497 e. The van der Waals surface area contributed by atoms with Crippen LogP contribution >= 0.6 is 0 Å². The van der Waals surface area contributed by atoms with E-state index in [0.29, 0.717) is 5.54 Å². The second kappa shape index (κ2) is 5.93. The monoisotopic (exact) mass is 336 g/mol. The van der Waals surface area contributed by atoms with Crippen LogP contribution in [0.2, 0.25) is 13.1 Å². The molecule has 1 atom stereocenters. The molecule has 3 rings (SSSR count). The lowest BCUT2D eigenvalue weighted by atomic mass is 9.86. The Morgan fingerprint density at radius 1 is 0.958 bits per heavy atom. The Morgan fingerprint density at radius 3 is 2.33 bits per heavy atom. The van der Waals surface area contributed by atoms with Crippen LogP contribution in [0.1, 0.15) is 43.0 Å². The molecule has 1 unspecified atom stereocenters. The molecule has 2 heteroatoms. The molecular formula is C22H28OSi. The summed E-state index contributed by atoms with van der Waals surface area (Å²) in [7, 11) is 0.0313. The highest BCUT2D eigenvalue weighted by molar-refractivity contribution is 6.92. The van der Waals surface area contributed by atoms with E-state index in [4.69, 9.17) is 4.74 Å². The quantitative estimate of drug-likeness (QED) is 0.695. The molecule has 2 aromatic carbocycles. The van der Waals surface area contributed by atoms with E-state index < -0.39 is 8.07 Å². The predicted octanol–water partition coefficient (Wildman–Crippen LogP) is 5.26. The Bertz CT molecular complexity index is 781. The van der Waals surface area contributed by atoms with Crippen LogP contribution in [-0.4, -0.2) is 15.2 Å². The number of methoxy groups -OCH3 is 1. The fourth-order valence-corrected chi connectivity index (χ4v) is 7.20. The molecule has 0 bridgehead atoms. The number of hydrogen-bond acceptors (Lipinski definition) is 1. The Labute approximate surface area is 147 Å². The lowest BCUT2D eigenvalue weighted by molar-refractivity contribution is 0.400. The van der Waals surface area contributed by atoms with Gasteiger partial charge in [-0.25, -0.2) is 0 Å². The number of rotatable bonds is 3. The summed E-state index contributed by atoms with van der Waals surface area (Å²) in [5.74, 6) is 1.10. The van der Waals surface area contributed by atoms with Crippen LogP contribution in [0.5, 0.6) is 5.75 Å². The second-order valence-electron chi connectivity index (χ2n) is 8.32. The van der Waals surface area contributed by atoms with E-state index in [1.165, 1.54) is 21.9 Å². The number of fused-ring (bicyclic) bond motifs is 1. The van der Waals surface area contributed by atoms with Crippen LogP contribution in [0.15, 0.2) is 48.5 Å². The molecule has 126 valence electrons. The molecule has 0 heterocycles. The minimum absolute atomic E-state index is 0.0786. The van der Waals surface area contributed by atoms with Crippen molar-refractivity contribution in [3.8, 4) is 5.75 Å². The molecule has 1 aliphatic rings. The molecule has 0 radical (unpaired) electrons. The van der Waals surface area contributed by atoms with Gasteiger partial charge in [-0.3, -0.25) is 0 Å². The van der Waals surface area contributed by atoms with Crippen molar-refractivity contribution < 1.29 is 4.74 Å². The first kappa shape index (κ1) is 17.0. The van der Waals surface area contributed by atoms with Gasteiger partial charge in [-0.05, 0) is 27.3 Å². The van der Waals surface area contributed by atoms with Crippen LogP contribution in [0.3, 0.4) is 0 Å². The summed E-state index contributed by atoms with van der Waals surface area (Å²) in [5.41, 5.74) is 4.72. The summed E-state index contributed by atoms with van der Waals surface area (Å²) in [5, 5.41) is 1.42. The number of para-hydroxylation sites is 1. The summed E-state index contributed by atoms with van der Waals surface area (Å²) in [6, 6.07) is 15.5. The highest BCUT2D eigenvalue weighted by Gasteiger charge is 2.39. The molecule has 0 saturated heterocycles. The standard InChI is InChI=1S/C22H28OSi/c1-22(2,3)18-12-9-13-20(21(18)23-4)24(5,6)19-15-14-16-10-7-8-11-17(16)19/h7-15,19H,1-6H3. The number of allylic oxidation sites excluding steroid dienone is 1. The van der Waals surface area contributed by atoms with Crippen LogP contribution in [0, 0.1) is 0 Å². The molecular weight excluding hydrogens is 308 g/mol. The van der Waals surface area contributed by atoms with Crippen molar-refractivity contribution in [3.05, 3.63) is 65.2 Å². The van der Waals surface area contributed by atoms with E-state index in [1.807, 2.05) is 7.11 Å². The summed E-state index contributed by atoms with van der Waals surface area (Å²) >= 11 is 0. The average Bonchev–Trinajstić information content (AvgIpc) is 2.98. The summed E-state index contributed by atoms with van der Waals surface area (Å²) in [6.45, 7) is 11.7. The minimum atomic E-state index is -1.79. The Hall–Kier alpha value is -1.80. The van der Waals surface area contributed by atoms with Gasteiger partial charge >= 0.3 is 0 Å². The summed E-state index contributed by atoms with van der Waals surface area (Å²) < 4.78 is 5.95. The highest BCUT2D eigenvalue weighted by Crippen LogP contribution is 2.39. The van der Waals surface area contributed by atoms with Gasteiger partial charge in [0.15, 0.2) is 0 Å². The average molecular weight is 337 g/mol. The zero-order valence-electron chi connectivity index (χ0n) is 15.7. The van der Waals surface area contributed by atoms with Crippen LogP contribution in [0.4, 0.5) is 0 Å². The third kappa shape index (κ3) is 2.73. The van der Waals surface area contributed by atoms with Gasteiger partial charge < -0.3 is 4.74 Å². The van der Waals surface area contributed by atoms with Gasteiger partial charge in [-0.15, -0.1) is 0 Å². The maximum Gasteiger partial charge on any atom is 0.121 e. The van der Waals surface area contributed by atoms with E-state index in [0.717, 1.165) is 5.75 Å². The van der Waals surface area contributed by atoms with Gasteiger partial charge in [0.25, 0.3) is 0 Å². The van der Waals surface area contributed by atoms with E-state index in [1.54, 1.807) is 0 Å². The zero-order valence-corrected chi connectivity index (χ0v) is 16.7.